The first-order valence-electron chi connectivity index (χ1n) is 9.89. The van der Waals surface area contributed by atoms with Gasteiger partial charge in [-0.2, -0.15) is 5.10 Å². The molecule has 1 fully saturated rings. The molecular weight excluding hydrogens is 354 g/mol. The summed E-state index contributed by atoms with van der Waals surface area (Å²) in [7, 11) is 0. The maximum atomic E-state index is 4.77. The third-order valence-corrected chi connectivity index (χ3v) is 5.81. The zero-order valence-corrected chi connectivity index (χ0v) is 17.5. The summed E-state index contributed by atoms with van der Waals surface area (Å²) < 4.78 is 2.14. The number of hydrogen-bond donors (Lipinski definition) is 2. The van der Waals surface area contributed by atoms with E-state index >= 15 is 0 Å². The summed E-state index contributed by atoms with van der Waals surface area (Å²) >= 11 is 1.78. The Morgan fingerprint density at radius 3 is 2.81 bits per heavy atom. The van der Waals surface area contributed by atoms with E-state index in [4.69, 9.17) is 10.1 Å². The van der Waals surface area contributed by atoms with Crippen LogP contribution in [-0.2, 0) is 13.1 Å². The molecule has 2 aromatic rings. The lowest BCUT2D eigenvalue weighted by molar-refractivity contribution is 0.462. The Bertz CT molecular complexity index is 762. The lowest BCUT2D eigenvalue weighted by Gasteiger charge is -2.12. The molecule has 6 heteroatoms. The van der Waals surface area contributed by atoms with E-state index in [1.54, 1.807) is 11.8 Å². The molecule has 5 nitrogen and oxygen atoms in total. The maximum Gasteiger partial charge on any atom is 0.191 e. The standard InChI is InChI=1S/C21H31N5S/c1-4-22-21(23-14-17-10-9-16(2)13-20(17)27-3)24-15-18-11-12-26(25-18)19-7-5-6-8-19/h9-13,19H,4-8,14-15H2,1-3H3,(H2,22,23,24). The van der Waals surface area contributed by atoms with Gasteiger partial charge in [-0.1, -0.05) is 25.0 Å². The van der Waals surface area contributed by atoms with Crippen molar-refractivity contribution in [3.8, 4) is 0 Å². The van der Waals surface area contributed by atoms with Crippen molar-refractivity contribution in [1.29, 1.82) is 0 Å². The zero-order chi connectivity index (χ0) is 19.1. The summed E-state index contributed by atoms with van der Waals surface area (Å²) in [6, 6.07) is 9.26. The minimum Gasteiger partial charge on any atom is -0.357 e. The topological polar surface area (TPSA) is 54.2 Å². The highest BCUT2D eigenvalue weighted by Crippen LogP contribution is 2.28. The fourth-order valence-electron chi connectivity index (χ4n) is 3.51. The van der Waals surface area contributed by atoms with E-state index in [9.17, 15) is 0 Å². The summed E-state index contributed by atoms with van der Waals surface area (Å²) in [5, 5.41) is 11.5. The monoisotopic (exact) mass is 385 g/mol. The normalized spacial score (nSPS) is 15.3. The van der Waals surface area contributed by atoms with E-state index < -0.39 is 0 Å². The fraction of sp³-hybridized carbons (Fsp3) is 0.524. The van der Waals surface area contributed by atoms with Crippen LogP contribution < -0.4 is 10.6 Å². The van der Waals surface area contributed by atoms with Crippen LogP contribution in [0.3, 0.4) is 0 Å². The molecule has 0 atom stereocenters. The minimum atomic E-state index is 0.590. The zero-order valence-electron chi connectivity index (χ0n) is 16.7. The van der Waals surface area contributed by atoms with E-state index in [1.165, 1.54) is 41.7 Å². The van der Waals surface area contributed by atoms with Crippen LogP contribution >= 0.6 is 11.8 Å². The van der Waals surface area contributed by atoms with Gasteiger partial charge in [-0.3, -0.25) is 4.68 Å². The Morgan fingerprint density at radius 1 is 1.26 bits per heavy atom. The molecular formula is C21H31N5S. The maximum absolute atomic E-state index is 4.77. The van der Waals surface area contributed by atoms with E-state index in [-0.39, 0.29) is 0 Å². The van der Waals surface area contributed by atoms with Gasteiger partial charge in [0.05, 0.1) is 24.8 Å². The molecule has 0 radical (unpaired) electrons. The lowest BCUT2D eigenvalue weighted by atomic mass is 10.1. The van der Waals surface area contributed by atoms with Gasteiger partial charge in [0, 0.05) is 17.6 Å². The van der Waals surface area contributed by atoms with E-state index in [0.29, 0.717) is 19.1 Å². The number of nitrogens with one attached hydrogen (secondary N) is 2. The molecule has 0 spiro atoms. The van der Waals surface area contributed by atoms with Gasteiger partial charge in [0.1, 0.15) is 0 Å². The van der Waals surface area contributed by atoms with Gasteiger partial charge >= 0.3 is 0 Å². The number of aliphatic imine (C=N–C) groups is 1. The van der Waals surface area contributed by atoms with Crippen LogP contribution in [0.15, 0.2) is 40.4 Å². The van der Waals surface area contributed by atoms with Crippen molar-refractivity contribution in [2.75, 3.05) is 12.8 Å². The van der Waals surface area contributed by atoms with Crippen LogP contribution in [0, 0.1) is 6.92 Å². The highest BCUT2D eigenvalue weighted by atomic mass is 32.2. The van der Waals surface area contributed by atoms with Crippen LogP contribution in [-0.4, -0.2) is 28.5 Å². The van der Waals surface area contributed by atoms with Gasteiger partial charge in [-0.05, 0) is 56.2 Å². The van der Waals surface area contributed by atoms with Crippen LogP contribution in [0.4, 0.5) is 0 Å². The van der Waals surface area contributed by atoms with Crippen LogP contribution in [0.2, 0.25) is 0 Å². The first kappa shape index (κ1) is 19.8. The quantitative estimate of drug-likeness (QED) is 0.424. The second-order valence-electron chi connectivity index (χ2n) is 7.09. The molecule has 1 heterocycles. The Kier molecular flexibility index (Phi) is 7.21. The van der Waals surface area contributed by atoms with Crippen molar-refractivity contribution in [2.45, 2.75) is 63.6 Å². The lowest BCUT2D eigenvalue weighted by Crippen LogP contribution is -2.37. The Balaban J connectivity index is 1.61. The largest absolute Gasteiger partial charge is 0.357 e. The number of rotatable bonds is 7. The summed E-state index contributed by atoms with van der Waals surface area (Å²) in [6.45, 7) is 6.41. The van der Waals surface area contributed by atoms with Gasteiger partial charge in [0.25, 0.3) is 0 Å². The first-order valence-corrected chi connectivity index (χ1v) is 11.1. The molecule has 1 aliphatic carbocycles. The second-order valence-corrected chi connectivity index (χ2v) is 7.94. The number of hydrogen-bond acceptors (Lipinski definition) is 3. The molecule has 1 aromatic carbocycles. The number of aromatic nitrogens is 2. The smallest absolute Gasteiger partial charge is 0.191 e. The highest BCUT2D eigenvalue weighted by molar-refractivity contribution is 7.98. The summed E-state index contributed by atoms with van der Waals surface area (Å²) in [6.07, 6.45) is 9.40. The van der Waals surface area contributed by atoms with Crippen molar-refractivity contribution in [3.05, 3.63) is 47.3 Å². The second kappa shape index (κ2) is 9.83. The molecule has 0 aliphatic heterocycles. The summed E-state index contributed by atoms with van der Waals surface area (Å²) in [5.74, 6) is 0.834. The van der Waals surface area contributed by atoms with E-state index in [1.807, 2.05) is 0 Å². The van der Waals surface area contributed by atoms with Crippen LogP contribution in [0.1, 0.15) is 55.5 Å². The molecule has 2 N–H and O–H groups in total. The van der Waals surface area contributed by atoms with Crippen molar-refractivity contribution >= 4 is 17.7 Å². The molecule has 0 saturated heterocycles. The Hall–Kier alpha value is -1.95. The average Bonchev–Trinajstić information content (AvgIpc) is 3.36. The third-order valence-electron chi connectivity index (χ3n) is 4.99. The molecule has 1 aromatic heterocycles. The fourth-order valence-corrected chi connectivity index (χ4v) is 4.21. The predicted molar refractivity (Wildman–Crippen MR) is 114 cm³/mol. The molecule has 1 saturated carbocycles. The Morgan fingerprint density at radius 2 is 2.07 bits per heavy atom. The van der Waals surface area contributed by atoms with Crippen LogP contribution in [0.5, 0.6) is 0 Å². The molecule has 3 rings (SSSR count). The predicted octanol–water partition coefficient (Wildman–Crippen LogP) is 4.28. The van der Waals surface area contributed by atoms with E-state index in [0.717, 1.165) is 18.2 Å². The van der Waals surface area contributed by atoms with Crippen molar-refractivity contribution < 1.29 is 0 Å². The van der Waals surface area contributed by atoms with Gasteiger partial charge in [0.15, 0.2) is 5.96 Å². The number of guanidine groups is 1. The third kappa shape index (κ3) is 5.51. The summed E-state index contributed by atoms with van der Waals surface area (Å²) in [4.78, 5) is 6.06. The first-order chi connectivity index (χ1) is 13.2. The molecule has 0 amide bonds. The molecule has 0 bridgehead atoms. The van der Waals surface area contributed by atoms with Crippen molar-refractivity contribution in [2.24, 2.45) is 4.99 Å². The molecule has 0 unspecified atom stereocenters. The molecule has 146 valence electrons. The number of benzene rings is 1. The van der Waals surface area contributed by atoms with Crippen molar-refractivity contribution in [3.63, 3.8) is 0 Å². The SMILES string of the molecule is CCNC(=NCc1ccc(C)cc1SC)NCc1ccn(C2CCCC2)n1. The summed E-state index contributed by atoms with van der Waals surface area (Å²) in [5.41, 5.74) is 3.61. The minimum absolute atomic E-state index is 0.590. The van der Waals surface area contributed by atoms with Gasteiger partial charge in [-0.15, -0.1) is 11.8 Å². The van der Waals surface area contributed by atoms with Gasteiger partial charge in [0.2, 0.25) is 0 Å². The molecule has 27 heavy (non-hydrogen) atoms. The van der Waals surface area contributed by atoms with Gasteiger partial charge in [-0.25, -0.2) is 4.99 Å². The van der Waals surface area contributed by atoms with E-state index in [2.05, 4.69) is 65.9 Å². The highest BCUT2D eigenvalue weighted by Gasteiger charge is 2.17. The Labute approximate surface area is 167 Å². The van der Waals surface area contributed by atoms with Gasteiger partial charge < -0.3 is 10.6 Å². The average molecular weight is 386 g/mol. The number of aryl methyl sites for hydroxylation is 1. The number of thioether (sulfide) groups is 1. The number of nitrogens with zero attached hydrogens (tertiary/aromatic N) is 3. The van der Waals surface area contributed by atoms with Crippen molar-refractivity contribution in [1.82, 2.24) is 20.4 Å². The molecule has 1 aliphatic rings. The van der Waals surface area contributed by atoms with Crippen LogP contribution in [0.25, 0.3) is 0 Å².